The van der Waals surface area contributed by atoms with Crippen molar-refractivity contribution in [1.29, 1.82) is 0 Å². The van der Waals surface area contributed by atoms with Gasteiger partial charge in [-0.05, 0) is 55.5 Å². The molecule has 28 heavy (non-hydrogen) atoms. The Labute approximate surface area is 169 Å². The Morgan fingerprint density at radius 1 is 1.39 bits per heavy atom. The van der Waals surface area contributed by atoms with Crippen LogP contribution in [0.15, 0.2) is 40.9 Å². The lowest BCUT2D eigenvalue weighted by Crippen LogP contribution is -2.40. The summed E-state index contributed by atoms with van der Waals surface area (Å²) in [6.07, 6.45) is 1.66. The molecule has 1 fully saturated rings. The predicted octanol–water partition coefficient (Wildman–Crippen LogP) is 3.63. The molecular formula is C21H26N2O4S. The number of thiophene rings is 1. The van der Waals surface area contributed by atoms with E-state index in [2.05, 4.69) is 23.0 Å². The molecule has 1 saturated heterocycles. The van der Waals surface area contributed by atoms with Gasteiger partial charge in [-0.25, -0.2) is 0 Å². The number of aliphatic carboxylic acids is 1. The quantitative estimate of drug-likeness (QED) is 0.415. The highest BCUT2D eigenvalue weighted by atomic mass is 32.1. The number of ether oxygens (including phenoxy) is 1. The average Bonchev–Trinajstić information content (AvgIpc) is 3.14. The number of oxime groups is 1. The maximum atomic E-state index is 11.2. The van der Waals surface area contributed by atoms with Crippen molar-refractivity contribution in [2.75, 3.05) is 33.4 Å². The molecule has 1 aromatic heterocycles. The van der Waals surface area contributed by atoms with Crippen LogP contribution in [-0.4, -0.2) is 55.0 Å². The first kappa shape index (κ1) is 20.4. The van der Waals surface area contributed by atoms with Crippen molar-refractivity contribution < 1.29 is 19.5 Å². The molecule has 2 aromatic rings. The van der Waals surface area contributed by atoms with E-state index in [0.717, 1.165) is 46.9 Å². The minimum absolute atomic E-state index is 0.279. The lowest BCUT2D eigenvalue weighted by Gasteiger charge is -2.29. The fourth-order valence-electron chi connectivity index (χ4n) is 3.35. The topological polar surface area (TPSA) is 71.4 Å². The van der Waals surface area contributed by atoms with Crippen LogP contribution in [0.5, 0.6) is 5.75 Å². The Balaban J connectivity index is 1.68. The highest BCUT2D eigenvalue weighted by molar-refractivity contribution is 7.12. The molecule has 0 amide bonds. The number of likely N-dealkylation sites (tertiary alicyclic amines) is 1. The zero-order valence-electron chi connectivity index (χ0n) is 16.3. The number of carboxylic acids is 1. The normalized spacial score (nSPS) is 18.1. The number of piperidine rings is 1. The van der Waals surface area contributed by atoms with Gasteiger partial charge in [-0.3, -0.25) is 9.69 Å². The van der Waals surface area contributed by atoms with Crippen molar-refractivity contribution in [2.45, 2.75) is 19.8 Å². The summed E-state index contributed by atoms with van der Waals surface area (Å²) < 4.78 is 5.34. The van der Waals surface area contributed by atoms with Gasteiger partial charge in [0, 0.05) is 18.7 Å². The molecule has 2 heterocycles. The fraction of sp³-hybridized carbons (Fsp3) is 0.429. The number of hydrogen-bond acceptors (Lipinski definition) is 6. The smallest absolute Gasteiger partial charge is 0.307 e. The van der Waals surface area contributed by atoms with Gasteiger partial charge in [0.25, 0.3) is 0 Å². The standard InChI is InChI=1S/C21H26N2O4S/c1-15-8-12-28-20(15)19(16-5-3-7-18(13-16)26-2)22-27-11-10-23-9-4-6-17(14-23)21(24)25/h3,5,7-8,12-13,17H,4,6,9-11,14H2,1-2H3,(H,24,25)/b22-19-/t17-/m1/s1. The van der Waals surface area contributed by atoms with E-state index in [-0.39, 0.29) is 5.92 Å². The summed E-state index contributed by atoms with van der Waals surface area (Å²) in [5.74, 6) is -0.220. The van der Waals surface area contributed by atoms with Crippen molar-refractivity contribution in [2.24, 2.45) is 11.1 Å². The van der Waals surface area contributed by atoms with Gasteiger partial charge in [-0.2, -0.15) is 0 Å². The second kappa shape index (κ2) is 9.71. The van der Waals surface area contributed by atoms with Gasteiger partial charge in [-0.15, -0.1) is 11.3 Å². The van der Waals surface area contributed by atoms with Gasteiger partial charge in [0.05, 0.1) is 17.9 Å². The van der Waals surface area contributed by atoms with Crippen LogP contribution in [0.4, 0.5) is 0 Å². The highest BCUT2D eigenvalue weighted by Gasteiger charge is 2.25. The number of aryl methyl sites for hydroxylation is 1. The fourth-order valence-corrected chi connectivity index (χ4v) is 4.28. The Bertz CT molecular complexity index is 833. The SMILES string of the molecule is COc1cccc(/C(=N/OCCN2CCC[C@@H](C(=O)O)C2)c2sccc2C)c1. The third kappa shape index (κ3) is 5.11. The molecule has 3 rings (SSSR count). The number of hydrogen-bond donors (Lipinski definition) is 1. The first-order valence-corrected chi connectivity index (χ1v) is 10.3. The number of nitrogens with zero attached hydrogens (tertiary/aromatic N) is 2. The maximum Gasteiger partial charge on any atom is 0.307 e. The number of carbonyl (C=O) groups is 1. The van der Waals surface area contributed by atoms with E-state index >= 15 is 0 Å². The molecule has 1 aromatic carbocycles. The van der Waals surface area contributed by atoms with E-state index in [4.69, 9.17) is 9.57 Å². The summed E-state index contributed by atoms with van der Waals surface area (Å²) in [6, 6.07) is 9.84. The Morgan fingerprint density at radius 2 is 2.25 bits per heavy atom. The molecule has 0 radical (unpaired) electrons. The summed E-state index contributed by atoms with van der Waals surface area (Å²) in [7, 11) is 1.64. The Morgan fingerprint density at radius 3 is 2.96 bits per heavy atom. The molecule has 1 aliphatic rings. The lowest BCUT2D eigenvalue weighted by atomic mass is 9.98. The van der Waals surface area contributed by atoms with Crippen molar-refractivity contribution >= 4 is 23.0 Å². The van der Waals surface area contributed by atoms with Gasteiger partial charge < -0.3 is 14.7 Å². The number of benzene rings is 1. The van der Waals surface area contributed by atoms with Crippen LogP contribution in [0.2, 0.25) is 0 Å². The van der Waals surface area contributed by atoms with E-state index in [1.54, 1.807) is 18.4 Å². The minimum Gasteiger partial charge on any atom is -0.497 e. The highest BCUT2D eigenvalue weighted by Crippen LogP contribution is 2.23. The second-order valence-corrected chi connectivity index (χ2v) is 7.83. The molecule has 1 atom stereocenters. The molecule has 1 N–H and O–H groups in total. The molecule has 0 saturated carbocycles. The molecule has 0 spiro atoms. The number of rotatable bonds is 8. The average molecular weight is 403 g/mol. The summed E-state index contributed by atoms with van der Waals surface area (Å²) >= 11 is 1.63. The molecule has 0 bridgehead atoms. The van der Waals surface area contributed by atoms with Gasteiger partial charge in [-0.1, -0.05) is 17.3 Å². The first-order chi connectivity index (χ1) is 13.6. The first-order valence-electron chi connectivity index (χ1n) is 9.42. The molecule has 0 aliphatic carbocycles. The van der Waals surface area contributed by atoms with Crippen LogP contribution in [0, 0.1) is 12.8 Å². The Hall–Kier alpha value is -2.38. The summed E-state index contributed by atoms with van der Waals surface area (Å²) in [6.45, 7) is 4.63. The zero-order valence-corrected chi connectivity index (χ0v) is 17.1. The van der Waals surface area contributed by atoms with Crippen LogP contribution in [0.1, 0.15) is 28.8 Å². The van der Waals surface area contributed by atoms with Gasteiger partial charge in [0.2, 0.25) is 0 Å². The monoisotopic (exact) mass is 402 g/mol. The van der Waals surface area contributed by atoms with Crippen LogP contribution >= 0.6 is 11.3 Å². The van der Waals surface area contributed by atoms with Crippen LogP contribution < -0.4 is 4.74 Å². The Kier molecular flexibility index (Phi) is 7.06. The summed E-state index contributed by atoms with van der Waals surface area (Å²) in [4.78, 5) is 20.1. The van der Waals surface area contributed by atoms with Gasteiger partial charge >= 0.3 is 5.97 Å². The minimum atomic E-state index is -0.711. The van der Waals surface area contributed by atoms with E-state index in [9.17, 15) is 9.90 Å². The molecule has 0 unspecified atom stereocenters. The van der Waals surface area contributed by atoms with Crippen LogP contribution in [0.3, 0.4) is 0 Å². The van der Waals surface area contributed by atoms with Crippen LogP contribution in [0.25, 0.3) is 0 Å². The molecule has 6 nitrogen and oxygen atoms in total. The third-order valence-corrected chi connectivity index (χ3v) is 5.95. The molecular weight excluding hydrogens is 376 g/mol. The lowest BCUT2D eigenvalue weighted by molar-refractivity contribution is -0.143. The summed E-state index contributed by atoms with van der Waals surface area (Å²) in [5.41, 5.74) is 2.87. The van der Waals surface area contributed by atoms with Crippen LogP contribution in [-0.2, 0) is 9.63 Å². The van der Waals surface area contributed by atoms with E-state index < -0.39 is 5.97 Å². The zero-order chi connectivity index (χ0) is 19.9. The number of carboxylic acid groups (broad SMARTS) is 1. The van der Waals surface area contributed by atoms with E-state index in [1.807, 2.05) is 29.6 Å². The number of methoxy groups -OCH3 is 1. The largest absolute Gasteiger partial charge is 0.497 e. The maximum absolute atomic E-state index is 11.2. The third-order valence-electron chi connectivity index (χ3n) is 4.93. The molecule has 7 heteroatoms. The second-order valence-electron chi connectivity index (χ2n) is 6.92. The van der Waals surface area contributed by atoms with E-state index in [1.165, 1.54) is 0 Å². The van der Waals surface area contributed by atoms with Crippen molar-refractivity contribution in [3.63, 3.8) is 0 Å². The molecule has 1 aliphatic heterocycles. The van der Waals surface area contributed by atoms with Crippen molar-refractivity contribution in [1.82, 2.24) is 4.90 Å². The predicted molar refractivity (Wildman–Crippen MR) is 110 cm³/mol. The van der Waals surface area contributed by atoms with Gasteiger partial charge in [0.1, 0.15) is 18.1 Å². The summed E-state index contributed by atoms with van der Waals surface area (Å²) in [5, 5.41) is 15.7. The van der Waals surface area contributed by atoms with Gasteiger partial charge in [0.15, 0.2) is 0 Å². The van der Waals surface area contributed by atoms with Crippen molar-refractivity contribution in [3.05, 3.63) is 51.7 Å². The van der Waals surface area contributed by atoms with E-state index in [0.29, 0.717) is 19.7 Å². The molecule has 150 valence electrons. The van der Waals surface area contributed by atoms with Crippen molar-refractivity contribution in [3.8, 4) is 5.75 Å².